The van der Waals surface area contributed by atoms with Crippen LogP contribution in [0.2, 0.25) is 0 Å². The largest absolute Gasteiger partial charge is 0.392 e. The highest BCUT2D eigenvalue weighted by molar-refractivity contribution is 5.58. The van der Waals surface area contributed by atoms with Gasteiger partial charge in [0, 0.05) is 36.9 Å². The molecule has 0 spiro atoms. The molecule has 94 valence electrons. The van der Waals surface area contributed by atoms with Crippen LogP contribution in [-0.4, -0.2) is 31.3 Å². The van der Waals surface area contributed by atoms with Gasteiger partial charge in [0.15, 0.2) is 0 Å². The number of hydrogen-bond donors (Lipinski definition) is 2. The molecule has 1 aliphatic carbocycles. The predicted molar refractivity (Wildman–Crippen MR) is 72.6 cm³/mol. The van der Waals surface area contributed by atoms with Crippen LogP contribution in [0.15, 0.2) is 24.3 Å². The van der Waals surface area contributed by atoms with Crippen molar-refractivity contribution in [3.63, 3.8) is 0 Å². The van der Waals surface area contributed by atoms with Gasteiger partial charge in [0.25, 0.3) is 0 Å². The summed E-state index contributed by atoms with van der Waals surface area (Å²) in [6, 6.07) is 8.72. The van der Waals surface area contributed by atoms with Crippen molar-refractivity contribution in [2.24, 2.45) is 5.41 Å². The van der Waals surface area contributed by atoms with Gasteiger partial charge in [-0.1, -0.05) is 19.9 Å². The number of nitrogens with one attached hydrogen (secondary N) is 1. The molecular formula is C14H22N2O. The Morgan fingerprint density at radius 2 is 2.06 bits per heavy atom. The maximum Gasteiger partial charge on any atom is 0.0630 e. The molecule has 1 fully saturated rings. The van der Waals surface area contributed by atoms with Gasteiger partial charge < -0.3 is 15.3 Å². The number of nitrogens with zero attached hydrogens (tertiary/aromatic N) is 1. The van der Waals surface area contributed by atoms with E-state index in [4.69, 9.17) is 0 Å². The molecule has 1 aromatic rings. The number of aliphatic hydroxyl groups excluding tert-OH is 1. The molecule has 0 bridgehead atoms. The fourth-order valence-electron chi connectivity index (χ4n) is 2.22. The molecule has 0 aliphatic heterocycles. The van der Waals surface area contributed by atoms with Crippen LogP contribution in [-0.2, 0) is 0 Å². The Morgan fingerprint density at radius 3 is 2.59 bits per heavy atom. The summed E-state index contributed by atoms with van der Waals surface area (Å²) in [6.45, 7) is 4.21. The second kappa shape index (κ2) is 4.22. The van der Waals surface area contributed by atoms with Crippen molar-refractivity contribution in [1.82, 2.24) is 0 Å². The number of benzene rings is 1. The molecule has 17 heavy (non-hydrogen) atoms. The number of hydrogen-bond acceptors (Lipinski definition) is 3. The first-order chi connectivity index (χ1) is 7.91. The van der Waals surface area contributed by atoms with Gasteiger partial charge in [-0.25, -0.2) is 0 Å². The lowest BCUT2D eigenvalue weighted by atomic mass is 9.64. The van der Waals surface area contributed by atoms with Crippen molar-refractivity contribution in [3.05, 3.63) is 24.3 Å². The van der Waals surface area contributed by atoms with E-state index in [0.717, 1.165) is 12.1 Å². The Hall–Kier alpha value is -1.22. The molecule has 2 atom stereocenters. The van der Waals surface area contributed by atoms with Crippen LogP contribution in [0.4, 0.5) is 11.4 Å². The smallest absolute Gasteiger partial charge is 0.0630 e. The summed E-state index contributed by atoms with van der Waals surface area (Å²) in [4.78, 5) is 2.09. The SMILES string of the molecule is CN(C)c1cccc(NC2CC(O)C2(C)C)c1. The normalized spacial score (nSPS) is 26.2. The molecule has 1 aliphatic rings. The molecule has 0 radical (unpaired) electrons. The van der Waals surface area contributed by atoms with Gasteiger partial charge in [-0.15, -0.1) is 0 Å². The van der Waals surface area contributed by atoms with Gasteiger partial charge in [-0.05, 0) is 24.6 Å². The third-order valence-corrected chi connectivity index (χ3v) is 3.92. The minimum Gasteiger partial charge on any atom is -0.392 e. The number of anilines is 2. The van der Waals surface area contributed by atoms with Crippen molar-refractivity contribution >= 4 is 11.4 Å². The standard InChI is InChI=1S/C14H22N2O/c1-14(2)12(9-13(14)17)15-10-6-5-7-11(8-10)16(3)4/h5-8,12-13,15,17H,9H2,1-4H3. The van der Waals surface area contributed by atoms with Gasteiger partial charge in [-0.2, -0.15) is 0 Å². The van der Waals surface area contributed by atoms with Crippen LogP contribution in [0.1, 0.15) is 20.3 Å². The van der Waals surface area contributed by atoms with E-state index in [-0.39, 0.29) is 11.5 Å². The molecular weight excluding hydrogens is 212 g/mol. The van der Waals surface area contributed by atoms with Crippen LogP contribution in [0.5, 0.6) is 0 Å². The van der Waals surface area contributed by atoms with E-state index in [1.165, 1.54) is 5.69 Å². The molecule has 0 aromatic heterocycles. The summed E-state index contributed by atoms with van der Waals surface area (Å²) in [6.07, 6.45) is 0.649. The average molecular weight is 234 g/mol. The van der Waals surface area contributed by atoms with Crippen LogP contribution < -0.4 is 10.2 Å². The topological polar surface area (TPSA) is 35.5 Å². The van der Waals surface area contributed by atoms with E-state index in [1.807, 2.05) is 14.1 Å². The van der Waals surface area contributed by atoms with Crippen molar-refractivity contribution in [3.8, 4) is 0 Å². The van der Waals surface area contributed by atoms with Crippen LogP contribution in [0.25, 0.3) is 0 Å². The number of aliphatic hydroxyl groups is 1. The Labute approximate surface area is 103 Å². The quantitative estimate of drug-likeness (QED) is 0.842. The molecule has 2 N–H and O–H groups in total. The van der Waals surface area contributed by atoms with E-state index in [0.29, 0.717) is 6.04 Å². The van der Waals surface area contributed by atoms with Crippen molar-refractivity contribution in [2.75, 3.05) is 24.3 Å². The number of rotatable bonds is 3. The maximum atomic E-state index is 9.72. The highest BCUT2D eigenvalue weighted by atomic mass is 16.3. The average Bonchev–Trinajstić information content (AvgIpc) is 2.29. The Morgan fingerprint density at radius 1 is 1.35 bits per heavy atom. The zero-order chi connectivity index (χ0) is 12.6. The van der Waals surface area contributed by atoms with E-state index in [1.54, 1.807) is 0 Å². The first-order valence-electron chi connectivity index (χ1n) is 6.13. The lowest BCUT2D eigenvalue weighted by molar-refractivity contribution is -0.0510. The summed E-state index contributed by atoms with van der Waals surface area (Å²) in [7, 11) is 4.08. The molecule has 0 amide bonds. The van der Waals surface area contributed by atoms with Gasteiger partial charge in [-0.3, -0.25) is 0 Å². The maximum absolute atomic E-state index is 9.72. The van der Waals surface area contributed by atoms with Crippen molar-refractivity contribution < 1.29 is 5.11 Å². The molecule has 3 nitrogen and oxygen atoms in total. The summed E-state index contributed by atoms with van der Waals surface area (Å²) in [5, 5.41) is 13.2. The molecule has 2 unspecified atom stereocenters. The minimum atomic E-state index is -0.183. The Kier molecular flexibility index (Phi) is 3.04. The fourth-order valence-corrected chi connectivity index (χ4v) is 2.22. The fraction of sp³-hybridized carbons (Fsp3) is 0.571. The zero-order valence-electron chi connectivity index (χ0n) is 11.1. The molecule has 1 saturated carbocycles. The van der Waals surface area contributed by atoms with E-state index < -0.39 is 0 Å². The van der Waals surface area contributed by atoms with E-state index >= 15 is 0 Å². The molecule has 0 heterocycles. The molecule has 1 aromatic carbocycles. The van der Waals surface area contributed by atoms with Gasteiger partial charge in [0.05, 0.1) is 6.10 Å². The highest BCUT2D eigenvalue weighted by Gasteiger charge is 2.47. The highest BCUT2D eigenvalue weighted by Crippen LogP contribution is 2.42. The van der Waals surface area contributed by atoms with Crippen molar-refractivity contribution in [1.29, 1.82) is 0 Å². The first-order valence-corrected chi connectivity index (χ1v) is 6.13. The Balaban J connectivity index is 2.07. The summed E-state index contributed by atoms with van der Waals surface area (Å²) in [5.74, 6) is 0. The monoisotopic (exact) mass is 234 g/mol. The van der Waals surface area contributed by atoms with Crippen LogP contribution >= 0.6 is 0 Å². The molecule has 3 heteroatoms. The third kappa shape index (κ3) is 2.25. The zero-order valence-corrected chi connectivity index (χ0v) is 11.1. The van der Waals surface area contributed by atoms with E-state index in [2.05, 4.69) is 48.3 Å². The van der Waals surface area contributed by atoms with Gasteiger partial charge in [0.1, 0.15) is 0 Å². The lowest BCUT2D eigenvalue weighted by Gasteiger charge is -2.49. The van der Waals surface area contributed by atoms with Gasteiger partial charge in [0.2, 0.25) is 0 Å². The van der Waals surface area contributed by atoms with E-state index in [9.17, 15) is 5.11 Å². The third-order valence-electron chi connectivity index (χ3n) is 3.92. The van der Waals surface area contributed by atoms with Crippen LogP contribution in [0, 0.1) is 5.41 Å². The molecule has 2 rings (SSSR count). The second-order valence-corrected chi connectivity index (χ2v) is 5.71. The molecule has 0 saturated heterocycles. The second-order valence-electron chi connectivity index (χ2n) is 5.71. The lowest BCUT2D eigenvalue weighted by Crippen LogP contribution is -2.56. The summed E-state index contributed by atoms with van der Waals surface area (Å²) in [5.41, 5.74) is 2.28. The first kappa shape index (κ1) is 12.2. The minimum absolute atomic E-state index is 0.0336. The summed E-state index contributed by atoms with van der Waals surface area (Å²) < 4.78 is 0. The summed E-state index contributed by atoms with van der Waals surface area (Å²) >= 11 is 0. The Bertz CT molecular complexity index is 401. The van der Waals surface area contributed by atoms with Crippen molar-refractivity contribution in [2.45, 2.75) is 32.4 Å². The van der Waals surface area contributed by atoms with Crippen LogP contribution in [0.3, 0.4) is 0 Å². The predicted octanol–water partition coefficient (Wildman–Crippen LogP) is 2.32. The van der Waals surface area contributed by atoms with Gasteiger partial charge >= 0.3 is 0 Å².